The quantitative estimate of drug-likeness (QED) is 0.328. The highest BCUT2D eigenvalue weighted by Gasteiger charge is 2.11. The van der Waals surface area contributed by atoms with Crippen LogP contribution < -0.4 is 15.5 Å². The number of hydrogen-bond acceptors (Lipinski definition) is 5. The summed E-state index contributed by atoms with van der Waals surface area (Å²) in [5.74, 6) is 0.508. The Labute approximate surface area is 189 Å². The van der Waals surface area contributed by atoms with E-state index < -0.39 is 0 Å². The first-order chi connectivity index (χ1) is 15.0. The maximum atomic E-state index is 11.9. The molecule has 2 N–H and O–H groups in total. The van der Waals surface area contributed by atoms with Crippen LogP contribution in [-0.4, -0.2) is 29.1 Å². The summed E-state index contributed by atoms with van der Waals surface area (Å²) < 4.78 is 5.93. The minimum absolute atomic E-state index is 0.0658. The minimum Gasteiger partial charge on any atom is -0.436 e. The SMILES string of the molecule is CCCCCC(=O)NC(=S)Nc1ccc2oc(-c3ccc(N(CC)CC)cc3)nc2c1. The van der Waals surface area contributed by atoms with Crippen molar-refractivity contribution in [2.75, 3.05) is 23.3 Å². The monoisotopic (exact) mass is 438 g/mol. The van der Waals surface area contributed by atoms with Crippen LogP contribution in [0.25, 0.3) is 22.6 Å². The van der Waals surface area contributed by atoms with Gasteiger partial charge in [-0.2, -0.15) is 0 Å². The van der Waals surface area contributed by atoms with Crippen molar-refractivity contribution >= 4 is 45.7 Å². The van der Waals surface area contributed by atoms with Gasteiger partial charge in [0.25, 0.3) is 0 Å². The first-order valence-corrected chi connectivity index (χ1v) is 11.3. The van der Waals surface area contributed by atoms with Gasteiger partial charge < -0.3 is 20.0 Å². The van der Waals surface area contributed by atoms with Crippen molar-refractivity contribution < 1.29 is 9.21 Å². The summed E-state index contributed by atoms with van der Waals surface area (Å²) in [5, 5.41) is 6.06. The zero-order valence-corrected chi connectivity index (χ0v) is 19.2. The number of nitrogens with zero attached hydrogens (tertiary/aromatic N) is 2. The van der Waals surface area contributed by atoms with Crippen LogP contribution >= 0.6 is 12.2 Å². The largest absolute Gasteiger partial charge is 0.436 e. The van der Waals surface area contributed by atoms with E-state index in [9.17, 15) is 4.79 Å². The van der Waals surface area contributed by atoms with Crippen LogP contribution in [-0.2, 0) is 4.79 Å². The number of nitrogens with one attached hydrogen (secondary N) is 2. The number of hydrogen-bond donors (Lipinski definition) is 2. The standard InChI is InChI=1S/C24H30N4O2S/c1-4-7-8-9-22(29)27-24(31)25-18-12-15-21-20(16-18)26-23(30-21)17-10-13-19(14-11-17)28(5-2)6-3/h10-16H,4-9H2,1-3H3,(H2,25,27,29,31). The van der Waals surface area contributed by atoms with E-state index >= 15 is 0 Å². The van der Waals surface area contributed by atoms with Gasteiger partial charge in [0, 0.05) is 36.4 Å². The van der Waals surface area contributed by atoms with Crippen LogP contribution in [0.3, 0.4) is 0 Å². The lowest BCUT2D eigenvalue weighted by molar-refractivity contribution is -0.119. The number of aromatic nitrogens is 1. The van der Waals surface area contributed by atoms with E-state index in [-0.39, 0.29) is 11.0 Å². The van der Waals surface area contributed by atoms with Gasteiger partial charge in [0.2, 0.25) is 11.8 Å². The molecule has 3 rings (SSSR count). The number of fused-ring (bicyclic) bond motifs is 1. The number of amides is 1. The molecule has 0 unspecified atom stereocenters. The lowest BCUT2D eigenvalue weighted by Crippen LogP contribution is -2.33. The molecule has 0 aliphatic rings. The summed E-state index contributed by atoms with van der Waals surface area (Å²) >= 11 is 5.26. The number of carbonyl (C=O) groups excluding carboxylic acids is 1. The van der Waals surface area contributed by atoms with Gasteiger partial charge in [-0.25, -0.2) is 4.98 Å². The average Bonchev–Trinajstić information content (AvgIpc) is 3.18. The number of oxazole rings is 1. The van der Waals surface area contributed by atoms with Gasteiger partial charge in [0.15, 0.2) is 10.7 Å². The number of unbranched alkanes of at least 4 members (excludes halogenated alkanes) is 2. The third kappa shape index (κ3) is 6.04. The lowest BCUT2D eigenvalue weighted by atomic mass is 10.2. The fraction of sp³-hybridized carbons (Fsp3) is 0.375. The van der Waals surface area contributed by atoms with Crippen LogP contribution in [0, 0.1) is 0 Å². The van der Waals surface area contributed by atoms with Crippen molar-refractivity contribution in [3.05, 3.63) is 42.5 Å². The molecular weight excluding hydrogens is 408 g/mol. The molecule has 0 fully saturated rings. The summed E-state index contributed by atoms with van der Waals surface area (Å²) in [6.45, 7) is 8.34. The van der Waals surface area contributed by atoms with Crippen LogP contribution in [0.2, 0.25) is 0 Å². The molecule has 0 bridgehead atoms. The van der Waals surface area contributed by atoms with Crippen LogP contribution in [0.4, 0.5) is 11.4 Å². The van der Waals surface area contributed by atoms with E-state index in [2.05, 4.69) is 53.4 Å². The van der Waals surface area contributed by atoms with Gasteiger partial charge in [-0.3, -0.25) is 4.79 Å². The molecule has 0 radical (unpaired) electrons. The molecule has 0 atom stereocenters. The van der Waals surface area contributed by atoms with E-state index in [0.717, 1.165) is 49.1 Å². The van der Waals surface area contributed by atoms with Gasteiger partial charge >= 0.3 is 0 Å². The second-order valence-corrected chi connectivity index (χ2v) is 7.79. The van der Waals surface area contributed by atoms with Crippen molar-refractivity contribution in [2.45, 2.75) is 46.5 Å². The zero-order valence-electron chi connectivity index (χ0n) is 18.4. The first kappa shape index (κ1) is 22.7. The van der Waals surface area contributed by atoms with Crippen molar-refractivity contribution in [3.8, 4) is 11.5 Å². The molecule has 3 aromatic rings. The van der Waals surface area contributed by atoms with E-state index in [4.69, 9.17) is 16.6 Å². The molecule has 0 aliphatic heterocycles. The summed E-state index contributed by atoms with van der Waals surface area (Å²) in [6, 6.07) is 13.8. The van der Waals surface area contributed by atoms with Crippen LogP contribution in [0.5, 0.6) is 0 Å². The van der Waals surface area contributed by atoms with Gasteiger partial charge in [-0.1, -0.05) is 19.8 Å². The van der Waals surface area contributed by atoms with E-state index in [1.807, 2.05) is 30.3 Å². The summed E-state index contributed by atoms with van der Waals surface area (Å²) in [4.78, 5) is 18.8. The van der Waals surface area contributed by atoms with Crippen molar-refractivity contribution in [3.63, 3.8) is 0 Å². The molecule has 7 heteroatoms. The fourth-order valence-corrected chi connectivity index (χ4v) is 3.65. The van der Waals surface area contributed by atoms with Gasteiger partial charge in [-0.05, 0) is 75.0 Å². The number of carbonyl (C=O) groups is 1. The summed E-state index contributed by atoms with van der Waals surface area (Å²) in [6.07, 6.45) is 3.47. The Bertz CT molecular complexity index is 1030. The molecule has 6 nitrogen and oxygen atoms in total. The molecule has 0 aliphatic carbocycles. The number of benzene rings is 2. The van der Waals surface area contributed by atoms with E-state index in [0.29, 0.717) is 17.9 Å². The van der Waals surface area contributed by atoms with Crippen molar-refractivity contribution in [2.24, 2.45) is 0 Å². The molecule has 1 amide bonds. The zero-order chi connectivity index (χ0) is 22.2. The van der Waals surface area contributed by atoms with Gasteiger partial charge in [0.1, 0.15) is 5.52 Å². The fourth-order valence-electron chi connectivity index (χ4n) is 3.42. The van der Waals surface area contributed by atoms with Gasteiger partial charge in [0.05, 0.1) is 0 Å². The van der Waals surface area contributed by atoms with Crippen molar-refractivity contribution in [1.82, 2.24) is 10.3 Å². The maximum Gasteiger partial charge on any atom is 0.227 e. The highest BCUT2D eigenvalue weighted by Crippen LogP contribution is 2.27. The molecule has 2 aromatic carbocycles. The minimum atomic E-state index is -0.0658. The predicted octanol–water partition coefficient (Wildman–Crippen LogP) is 5.73. The third-order valence-electron chi connectivity index (χ3n) is 5.15. The number of anilines is 2. The van der Waals surface area contributed by atoms with Crippen molar-refractivity contribution in [1.29, 1.82) is 0 Å². The predicted molar refractivity (Wildman–Crippen MR) is 132 cm³/mol. The number of rotatable bonds is 9. The molecule has 0 spiro atoms. The highest BCUT2D eigenvalue weighted by atomic mass is 32.1. The molecular formula is C24H30N4O2S. The third-order valence-corrected chi connectivity index (χ3v) is 5.35. The molecule has 0 saturated heterocycles. The van der Waals surface area contributed by atoms with Crippen LogP contribution in [0.1, 0.15) is 46.5 Å². The Morgan fingerprint density at radius 3 is 2.48 bits per heavy atom. The summed E-state index contributed by atoms with van der Waals surface area (Å²) in [5.41, 5.74) is 4.29. The molecule has 31 heavy (non-hydrogen) atoms. The Kier molecular flexibility index (Phi) is 8.00. The van der Waals surface area contributed by atoms with E-state index in [1.165, 1.54) is 5.69 Å². The first-order valence-electron chi connectivity index (χ1n) is 10.9. The molecule has 0 saturated carbocycles. The Balaban J connectivity index is 1.67. The topological polar surface area (TPSA) is 70.4 Å². The average molecular weight is 439 g/mol. The second-order valence-electron chi connectivity index (χ2n) is 7.38. The smallest absolute Gasteiger partial charge is 0.227 e. The van der Waals surface area contributed by atoms with Crippen LogP contribution in [0.15, 0.2) is 46.9 Å². The molecule has 1 aromatic heterocycles. The Hall–Kier alpha value is -2.93. The van der Waals surface area contributed by atoms with E-state index in [1.54, 1.807) is 0 Å². The number of thiocarbonyl (C=S) groups is 1. The lowest BCUT2D eigenvalue weighted by Gasteiger charge is -2.20. The normalized spacial score (nSPS) is 10.8. The second kappa shape index (κ2) is 10.9. The Morgan fingerprint density at radius 2 is 1.81 bits per heavy atom. The maximum absolute atomic E-state index is 11.9. The molecule has 164 valence electrons. The molecule has 1 heterocycles. The van der Waals surface area contributed by atoms with Gasteiger partial charge in [-0.15, -0.1) is 0 Å². The highest BCUT2D eigenvalue weighted by molar-refractivity contribution is 7.80. The summed E-state index contributed by atoms with van der Waals surface area (Å²) in [7, 11) is 0. The Morgan fingerprint density at radius 1 is 1.06 bits per heavy atom.